The number of hydrogen-bond donors (Lipinski definition) is 1. The van der Waals surface area contributed by atoms with Gasteiger partial charge in [-0.2, -0.15) is 0 Å². The second-order valence-electron chi connectivity index (χ2n) is 4.97. The molecule has 3 nitrogen and oxygen atoms in total. The Morgan fingerprint density at radius 1 is 1.50 bits per heavy atom. The molecule has 0 spiro atoms. The Bertz CT molecular complexity index is 501. The van der Waals surface area contributed by atoms with Gasteiger partial charge >= 0.3 is 0 Å². The van der Waals surface area contributed by atoms with Crippen molar-refractivity contribution in [3.8, 4) is 0 Å². The van der Waals surface area contributed by atoms with E-state index in [0.717, 1.165) is 20.8 Å². The van der Waals surface area contributed by atoms with Crippen molar-refractivity contribution in [1.82, 2.24) is 5.32 Å². The lowest BCUT2D eigenvalue weighted by molar-refractivity contribution is 0.433. The van der Waals surface area contributed by atoms with Crippen LogP contribution in [-0.4, -0.2) is 26.0 Å². The summed E-state index contributed by atoms with van der Waals surface area (Å²) in [5.41, 5.74) is 1.14. The summed E-state index contributed by atoms with van der Waals surface area (Å²) in [7, 11) is -3.15. The topological polar surface area (TPSA) is 46.2 Å². The number of thiophene rings is 1. The normalized spacial score (nSPS) is 14.8. The standard InChI is InChI=1S/C12H20BrNO2S2/c1-6-14-10(12(3,4)18(5,15)16)9-7-8(2)11(13)17-9/h7,10,14H,6H2,1-5H3. The predicted molar refractivity (Wildman–Crippen MR) is 82.1 cm³/mol. The Morgan fingerprint density at radius 3 is 2.39 bits per heavy atom. The van der Waals surface area contributed by atoms with Gasteiger partial charge in [0.15, 0.2) is 9.84 Å². The lowest BCUT2D eigenvalue weighted by atomic mass is 10.0. The van der Waals surface area contributed by atoms with Gasteiger partial charge in [0.05, 0.1) is 14.6 Å². The Labute approximate surface area is 122 Å². The van der Waals surface area contributed by atoms with Crippen molar-refractivity contribution in [3.63, 3.8) is 0 Å². The first-order valence-corrected chi connectivity index (χ1v) is 9.30. The molecule has 1 rings (SSSR count). The van der Waals surface area contributed by atoms with Crippen molar-refractivity contribution in [1.29, 1.82) is 0 Å². The van der Waals surface area contributed by atoms with Crippen LogP contribution in [0.15, 0.2) is 9.85 Å². The first-order chi connectivity index (χ1) is 8.11. The number of aryl methyl sites for hydroxylation is 1. The first-order valence-electron chi connectivity index (χ1n) is 5.80. The lowest BCUT2D eigenvalue weighted by Crippen LogP contribution is -2.44. The van der Waals surface area contributed by atoms with Crippen LogP contribution in [0.4, 0.5) is 0 Å². The molecular formula is C12H20BrNO2S2. The summed E-state index contributed by atoms with van der Waals surface area (Å²) in [6, 6.07) is 1.86. The summed E-state index contributed by atoms with van der Waals surface area (Å²) in [4.78, 5) is 1.05. The maximum Gasteiger partial charge on any atom is 0.154 e. The molecule has 0 radical (unpaired) electrons. The molecule has 1 unspecified atom stereocenters. The summed E-state index contributed by atoms with van der Waals surface area (Å²) in [5, 5.41) is 3.30. The predicted octanol–water partition coefficient (Wildman–Crippen LogP) is 3.29. The van der Waals surface area contributed by atoms with Crippen molar-refractivity contribution in [2.24, 2.45) is 0 Å². The fourth-order valence-corrected chi connectivity index (χ4v) is 4.28. The van der Waals surface area contributed by atoms with E-state index in [4.69, 9.17) is 0 Å². The summed E-state index contributed by atoms with van der Waals surface area (Å²) in [6.45, 7) is 8.29. The van der Waals surface area contributed by atoms with Crippen LogP contribution < -0.4 is 5.32 Å². The van der Waals surface area contributed by atoms with Gasteiger partial charge in [-0.3, -0.25) is 0 Å². The molecule has 1 aromatic rings. The van der Waals surface area contributed by atoms with Crippen LogP contribution in [-0.2, 0) is 9.84 Å². The highest BCUT2D eigenvalue weighted by molar-refractivity contribution is 9.11. The molecular weight excluding hydrogens is 334 g/mol. The molecule has 0 aromatic carbocycles. The van der Waals surface area contributed by atoms with Crippen molar-refractivity contribution in [3.05, 3.63) is 20.3 Å². The van der Waals surface area contributed by atoms with Crippen LogP contribution in [0.3, 0.4) is 0 Å². The fourth-order valence-electron chi connectivity index (χ4n) is 1.73. The maximum absolute atomic E-state index is 12.0. The van der Waals surface area contributed by atoms with Gasteiger partial charge in [-0.05, 0) is 54.9 Å². The van der Waals surface area contributed by atoms with Crippen LogP contribution >= 0.6 is 27.3 Å². The van der Waals surface area contributed by atoms with Gasteiger partial charge in [-0.1, -0.05) is 6.92 Å². The number of nitrogens with one attached hydrogen (secondary N) is 1. The fraction of sp³-hybridized carbons (Fsp3) is 0.667. The number of rotatable bonds is 5. The average Bonchev–Trinajstić information content (AvgIpc) is 2.53. The number of hydrogen-bond acceptors (Lipinski definition) is 4. The van der Waals surface area contributed by atoms with Gasteiger partial charge in [-0.25, -0.2) is 8.42 Å². The van der Waals surface area contributed by atoms with Crippen molar-refractivity contribution < 1.29 is 8.42 Å². The van der Waals surface area contributed by atoms with Gasteiger partial charge in [0.2, 0.25) is 0 Å². The molecule has 0 aliphatic heterocycles. The molecule has 1 N–H and O–H groups in total. The van der Waals surface area contributed by atoms with E-state index in [1.165, 1.54) is 6.26 Å². The van der Waals surface area contributed by atoms with Crippen LogP contribution in [0.5, 0.6) is 0 Å². The van der Waals surface area contributed by atoms with E-state index >= 15 is 0 Å². The van der Waals surface area contributed by atoms with Gasteiger partial charge in [-0.15, -0.1) is 11.3 Å². The minimum absolute atomic E-state index is 0.188. The smallest absolute Gasteiger partial charge is 0.154 e. The third-order valence-electron chi connectivity index (χ3n) is 3.22. The third kappa shape index (κ3) is 3.15. The molecule has 1 atom stereocenters. The SMILES string of the molecule is CCNC(c1cc(C)c(Br)s1)C(C)(C)S(C)(=O)=O. The van der Waals surface area contributed by atoms with Crippen LogP contribution in [0.1, 0.15) is 37.3 Å². The Balaban J connectivity index is 3.26. The molecule has 18 heavy (non-hydrogen) atoms. The van der Waals surface area contributed by atoms with E-state index < -0.39 is 14.6 Å². The molecule has 0 saturated heterocycles. The van der Waals surface area contributed by atoms with E-state index in [-0.39, 0.29) is 6.04 Å². The van der Waals surface area contributed by atoms with Crippen LogP contribution in [0.25, 0.3) is 0 Å². The summed E-state index contributed by atoms with van der Waals surface area (Å²) < 4.78 is 24.2. The molecule has 0 fully saturated rings. The molecule has 6 heteroatoms. The summed E-state index contributed by atoms with van der Waals surface area (Å²) in [6.07, 6.45) is 1.30. The molecule has 0 aliphatic carbocycles. The maximum atomic E-state index is 12.0. The molecule has 1 aromatic heterocycles. The van der Waals surface area contributed by atoms with Crippen molar-refractivity contribution >= 4 is 37.1 Å². The second-order valence-corrected chi connectivity index (χ2v) is 9.97. The third-order valence-corrected chi connectivity index (χ3v) is 7.57. The van der Waals surface area contributed by atoms with Crippen LogP contribution in [0, 0.1) is 6.92 Å². The van der Waals surface area contributed by atoms with E-state index in [1.54, 1.807) is 25.2 Å². The number of halogens is 1. The zero-order chi connectivity index (χ0) is 14.1. The summed E-state index contributed by atoms with van der Waals surface area (Å²) >= 11 is 5.09. The van der Waals surface area contributed by atoms with Gasteiger partial charge in [0.1, 0.15) is 0 Å². The van der Waals surface area contributed by atoms with Crippen molar-refractivity contribution in [2.45, 2.75) is 38.5 Å². The first kappa shape index (κ1) is 16.1. The average molecular weight is 354 g/mol. The second kappa shape index (κ2) is 5.61. The highest BCUT2D eigenvalue weighted by atomic mass is 79.9. The Morgan fingerprint density at radius 2 is 2.06 bits per heavy atom. The molecule has 0 bridgehead atoms. The van der Waals surface area contributed by atoms with Gasteiger partial charge < -0.3 is 5.32 Å². The zero-order valence-corrected chi connectivity index (χ0v) is 14.6. The Kier molecular flexibility index (Phi) is 5.03. The highest BCUT2D eigenvalue weighted by Crippen LogP contribution is 2.38. The molecule has 0 amide bonds. The molecule has 1 heterocycles. The zero-order valence-electron chi connectivity index (χ0n) is 11.4. The molecule has 0 aliphatic rings. The van der Waals surface area contributed by atoms with E-state index in [2.05, 4.69) is 27.3 Å². The number of sulfone groups is 1. The quantitative estimate of drug-likeness (QED) is 0.883. The minimum Gasteiger partial charge on any atom is -0.308 e. The Hall–Kier alpha value is 0.0900. The van der Waals surface area contributed by atoms with Crippen molar-refractivity contribution in [2.75, 3.05) is 12.8 Å². The minimum atomic E-state index is -3.15. The summed E-state index contributed by atoms with van der Waals surface area (Å²) in [5.74, 6) is 0. The molecule has 104 valence electrons. The highest BCUT2D eigenvalue weighted by Gasteiger charge is 2.40. The van der Waals surface area contributed by atoms with Crippen LogP contribution in [0.2, 0.25) is 0 Å². The monoisotopic (exact) mass is 353 g/mol. The molecule has 0 saturated carbocycles. The lowest BCUT2D eigenvalue weighted by Gasteiger charge is -2.32. The van der Waals surface area contributed by atoms with E-state index in [9.17, 15) is 8.42 Å². The van der Waals surface area contributed by atoms with Gasteiger partial charge in [0, 0.05) is 11.1 Å². The van der Waals surface area contributed by atoms with E-state index in [0.29, 0.717) is 0 Å². The van der Waals surface area contributed by atoms with E-state index in [1.807, 2.05) is 13.8 Å². The van der Waals surface area contributed by atoms with Gasteiger partial charge in [0.25, 0.3) is 0 Å². The largest absolute Gasteiger partial charge is 0.308 e.